The Morgan fingerprint density at radius 2 is 1.83 bits per heavy atom. The number of halogens is 1. The van der Waals surface area contributed by atoms with E-state index in [0.717, 1.165) is 5.56 Å². The van der Waals surface area contributed by atoms with Crippen molar-refractivity contribution in [2.45, 2.75) is 20.5 Å². The number of amides is 1. The van der Waals surface area contributed by atoms with Crippen molar-refractivity contribution in [3.05, 3.63) is 58.6 Å². The molecule has 7 heteroatoms. The van der Waals surface area contributed by atoms with Crippen LogP contribution < -0.4 is 9.47 Å². The fourth-order valence-corrected chi connectivity index (χ4v) is 3.03. The molecule has 0 aliphatic carbocycles. The highest BCUT2D eigenvalue weighted by Gasteiger charge is 2.22. The predicted molar refractivity (Wildman–Crippen MR) is 112 cm³/mol. The van der Waals surface area contributed by atoms with Crippen molar-refractivity contribution in [2.75, 3.05) is 27.3 Å². The summed E-state index contributed by atoms with van der Waals surface area (Å²) in [6.45, 7) is 4.61. The van der Waals surface area contributed by atoms with Gasteiger partial charge in [-0.25, -0.2) is 0 Å². The minimum atomic E-state index is -0.413. The van der Waals surface area contributed by atoms with Crippen LogP contribution in [0.5, 0.6) is 11.5 Å². The van der Waals surface area contributed by atoms with Gasteiger partial charge in [-0.2, -0.15) is 0 Å². The van der Waals surface area contributed by atoms with Crippen LogP contribution in [0.25, 0.3) is 0 Å². The topological polar surface area (TPSA) is 65.1 Å². The van der Waals surface area contributed by atoms with E-state index < -0.39 is 5.92 Å². The van der Waals surface area contributed by atoms with Crippen LogP contribution in [-0.2, 0) is 16.1 Å². The second-order valence-corrected chi connectivity index (χ2v) is 6.92. The number of carbonyl (C=O) groups excluding carboxylic acids is 2. The Bertz CT molecular complexity index is 855. The monoisotopic (exact) mass is 419 g/mol. The average molecular weight is 420 g/mol. The standard InChI is InChI=1S/C22H26ClNO5/c1-5-24(13-15(2)22(26)28-4)21(25)16-10-11-19(20(12-16)27-3)29-14-17-8-6-7-9-18(17)23/h6-12,15H,5,13-14H2,1-4H3. The first-order valence-electron chi connectivity index (χ1n) is 9.32. The van der Waals surface area contributed by atoms with E-state index in [0.29, 0.717) is 28.6 Å². The Labute approximate surface area is 176 Å². The van der Waals surface area contributed by atoms with E-state index >= 15 is 0 Å². The first kappa shape index (κ1) is 22.6. The summed E-state index contributed by atoms with van der Waals surface area (Å²) in [6.07, 6.45) is 0. The molecule has 0 saturated carbocycles. The Morgan fingerprint density at radius 1 is 1.10 bits per heavy atom. The molecule has 0 radical (unpaired) electrons. The highest BCUT2D eigenvalue weighted by atomic mass is 35.5. The van der Waals surface area contributed by atoms with Crippen LogP contribution >= 0.6 is 11.6 Å². The molecule has 0 bridgehead atoms. The third kappa shape index (κ3) is 5.87. The van der Waals surface area contributed by atoms with Gasteiger partial charge in [0.15, 0.2) is 11.5 Å². The second-order valence-electron chi connectivity index (χ2n) is 6.51. The molecule has 2 aromatic carbocycles. The van der Waals surface area contributed by atoms with E-state index in [1.165, 1.54) is 14.2 Å². The summed E-state index contributed by atoms with van der Waals surface area (Å²) in [5, 5.41) is 0.622. The number of carbonyl (C=O) groups is 2. The summed E-state index contributed by atoms with van der Waals surface area (Å²) in [5.74, 6) is -0.00435. The number of hydrogen-bond acceptors (Lipinski definition) is 5. The Balaban J connectivity index is 2.14. The summed E-state index contributed by atoms with van der Waals surface area (Å²) in [6, 6.07) is 12.4. The number of benzene rings is 2. The zero-order valence-electron chi connectivity index (χ0n) is 17.1. The number of methoxy groups -OCH3 is 2. The molecule has 29 heavy (non-hydrogen) atoms. The van der Waals surface area contributed by atoms with E-state index in [1.807, 2.05) is 25.1 Å². The highest BCUT2D eigenvalue weighted by Crippen LogP contribution is 2.30. The van der Waals surface area contributed by atoms with Gasteiger partial charge >= 0.3 is 5.97 Å². The molecule has 156 valence electrons. The third-order valence-corrected chi connectivity index (χ3v) is 4.89. The molecule has 0 saturated heterocycles. The van der Waals surface area contributed by atoms with Crippen molar-refractivity contribution in [3.63, 3.8) is 0 Å². The summed E-state index contributed by atoms with van der Waals surface area (Å²) in [4.78, 5) is 26.2. The van der Waals surface area contributed by atoms with Crippen molar-refractivity contribution < 1.29 is 23.8 Å². The molecule has 2 aromatic rings. The van der Waals surface area contributed by atoms with Gasteiger partial charge in [-0.05, 0) is 31.2 Å². The zero-order chi connectivity index (χ0) is 21.4. The smallest absolute Gasteiger partial charge is 0.310 e. The molecule has 0 heterocycles. The molecule has 0 N–H and O–H groups in total. The third-order valence-electron chi connectivity index (χ3n) is 4.52. The average Bonchev–Trinajstić information content (AvgIpc) is 2.75. The van der Waals surface area contributed by atoms with E-state index in [-0.39, 0.29) is 25.0 Å². The lowest BCUT2D eigenvalue weighted by Crippen LogP contribution is -2.37. The SMILES string of the molecule is CCN(CC(C)C(=O)OC)C(=O)c1ccc(OCc2ccccc2Cl)c(OC)c1. The minimum absolute atomic E-state index is 0.195. The number of ether oxygens (including phenoxy) is 3. The normalized spacial score (nSPS) is 11.5. The molecule has 1 unspecified atom stereocenters. The quantitative estimate of drug-likeness (QED) is 0.570. The molecule has 0 aromatic heterocycles. The zero-order valence-corrected chi connectivity index (χ0v) is 17.9. The maximum Gasteiger partial charge on any atom is 0.310 e. The highest BCUT2D eigenvalue weighted by molar-refractivity contribution is 6.31. The first-order chi connectivity index (χ1) is 13.9. The number of hydrogen-bond donors (Lipinski definition) is 0. The van der Waals surface area contributed by atoms with Gasteiger partial charge in [0, 0.05) is 29.2 Å². The second kappa shape index (κ2) is 10.7. The van der Waals surface area contributed by atoms with Gasteiger partial charge in [0.1, 0.15) is 6.61 Å². The van der Waals surface area contributed by atoms with Gasteiger partial charge in [0.25, 0.3) is 5.91 Å². The number of rotatable bonds is 9. The van der Waals surface area contributed by atoms with Crippen LogP contribution in [0, 0.1) is 5.92 Å². The van der Waals surface area contributed by atoms with Gasteiger partial charge in [-0.3, -0.25) is 9.59 Å². The lowest BCUT2D eigenvalue weighted by molar-refractivity contribution is -0.145. The summed E-state index contributed by atoms with van der Waals surface area (Å²) in [7, 11) is 2.85. The van der Waals surface area contributed by atoms with Gasteiger partial charge in [0.2, 0.25) is 0 Å². The van der Waals surface area contributed by atoms with Gasteiger partial charge in [0.05, 0.1) is 20.1 Å². The van der Waals surface area contributed by atoms with Crippen molar-refractivity contribution in [1.82, 2.24) is 4.90 Å². The van der Waals surface area contributed by atoms with Crippen molar-refractivity contribution in [1.29, 1.82) is 0 Å². The largest absolute Gasteiger partial charge is 0.493 e. The maximum atomic E-state index is 12.9. The Kier molecular flexibility index (Phi) is 8.34. The van der Waals surface area contributed by atoms with Gasteiger partial charge < -0.3 is 19.1 Å². The van der Waals surface area contributed by atoms with Crippen LogP contribution in [0.4, 0.5) is 0 Å². The van der Waals surface area contributed by atoms with Gasteiger partial charge in [-0.1, -0.05) is 36.7 Å². The molecule has 0 spiro atoms. The predicted octanol–water partition coefficient (Wildman–Crippen LogP) is 4.20. The van der Waals surface area contributed by atoms with E-state index in [9.17, 15) is 9.59 Å². The number of nitrogens with zero attached hydrogens (tertiary/aromatic N) is 1. The molecule has 6 nitrogen and oxygen atoms in total. The van der Waals surface area contributed by atoms with Crippen LogP contribution in [0.2, 0.25) is 5.02 Å². The molecule has 1 atom stereocenters. The lowest BCUT2D eigenvalue weighted by atomic mass is 10.1. The van der Waals surface area contributed by atoms with Crippen LogP contribution in [0.3, 0.4) is 0 Å². The molecule has 2 rings (SSSR count). The molecule has 0 aliphatic rings. The van der Waals surface area contributed by atoms with E-state index in [4.69, 9.17) is 25.8 Å². The van der Waals surface area contributed by atoms with E-state index in [1.54, 1.807) is 36.1 Å². The van der Waals surface area contributed by atoms with Crippen molar-refractivity contribution in [2.24, 2.45) is 5.92 Å². The number of esters is 1. The Hall–Kier alpha value is -2.73. The summed E-state index contributed by atoms with van der Waals surface area (Å²) >= 11 is 6.16. The first-order valence-corrected chi connectivity index (χ1v) is 9.70. The van der Waals surface area contributed by atoms with Crippen LogP contribution in [-0.4, -0.2) is 44.1 Å². The van der Waals surface area contributed by atoms with Crippen LogP contribution in [0.1, 0.15) is 29.8 Å². The van der Waals surface area contributed by atoms with Crippen molar-refractivity contribution >= 4 is 23.5 Å². The van der Waals surface area contributed by atoms with Crippen molar-refractivity contribution in [3.8, 4) is 11.5 Å². The summed E-state index contributed by atoms with van der Waals surface area (Å²) in [5.41, 5.74) is 1.30. The fourth-order valence-electron chi connectivity index (χ4n) is 2.84. The Morgan fingerprint density at radius 3 is 2.45 bits per heavy atom. The molecular formula is C22H26ClNO5. The molecule has 0 fully saturated rings. The van der Waals surface area contributed by atoms with E-state index in [2.05, 4.69) is 0 Å². The van der Waals surface area contributed by atoms with Crippen LogP contribution in [0.15, 0.2) is 42.5 Å². The van der Waals surface area contributed by atoms with Gasteiger partial charge in [-0.15, -0.1) is 0 Å². The molecular weight excluding hydrogens is 394 g/mol. The fraction of sp³-hybridized carbons (Fsp3) is 0.364. The maximum absolute atomic E-state index is 12.9. The minimum Gasteiger partial charge on any atom is -0.493 e. The molecule has 1 amide bonds. The lowest BCUT2D eigenvalue weighted by Gasteiger charge is -2.24. The molecule has 0 aliphatic heterocycles. The summed E-state index contributed by atoms with van der Waals surface area (Å²) < 4.78 is 16.0.